The number of nitrogens with one attached hydrogen (secondary N) is 1. The molecule has 0 radical (unpaired) electrons. The van der Waals surface area contributed by atoms with E-state index in [1.54, 1.807) is 6.07 Å². The second kappa shape index (κ2) is 7.70. The van der Waals surface area contributed by atoms with Gasteiger partial charge in [-0.15, -0.1) is 0 Å². The molecule has 0 aromatic heterocycles. The van der Waals surface area contributed by atoms with E-state index >= 15 is 0 Å². The fourth-order valence-electron chi connectivity index (χ4n) is 2.03. The number of ether oxygens (including phenoxy) is 1. The van der Waals surface area contributed by atoms with E-state index in [1.165, 1.54) is 23.9 Å². The Morgan fingerprint density at radius 2 is 1.80 bits per heavy atom. The molecule has 2 aromatic carbocycles. The van der Waals surface area contributed by atoms with Crippen LogP contribution >= 0.6 is 0 Å². The molecule has 6 heteroatoms. The van der Waals surface area contributed by atoms with Gasteiger partial charge in [-0.3, -0.25) is 4.79 Å². The molecule has 0 bridgehead atoms. The van der Waals surface area contributed by atoms with Gasteiger partial charge < -0.3 is 14.9 Å². The van der Waals surface area contributed by atoms with Gasteiger partial charge in [0.15, 0.2) is 18.1 Å². The lowest BCUT2D eigenvalue weighted by molar-refractivity contribution is -0.123. The van der Waals surface area contributed by atoms with Crippen molar-refractivity contribution in [2.45, 2.75) is 26.2 Å². The standard InChI is InChI=1S/C19H22N2O4/c1-19(2,3)14-5-7-15(8-6-14)25-12-18(24)21-20-11-13-4-9-16(22)17(23)10-13/h4-11,22-23H,12H2,1-3H3,(H,21,24). The predicted octanol–water partition coefficient (Wildman–Crippen LogP) is 2.92. The number of hydrazone groups is 1. The topological polar surface area (TPSA) is 91.2 Å². The maximum absolute atomic E-state index is 11.7. The molecule has 25 heavy (non-hydrogen) atoms. The average Bonchev–Trinajstić information content (AvgIpc) is 2.56. The minimum Gasteiger partial charge on any atom is -0.504 e. The molecule has 132 valence electrons. The van der Waals surface area contributed by atoms with E-state index in [-0.39, 0.29) is 23.5 Å². The van der Waals surface area contributed by atoms with Crippen LogP contribution in [0.15, 0.2) is 47.6 Å². The van der Waals surface area contributed by atoms with Crippen LogP contribution in [0.25, 0.3) is 0 Å². The van der Waals surface area contributed by atoms with E-state index in [0.29, 0.717) is 11.3 Å². The molecule has 0 aliphatic carbocycles. The van der Waals surface area contributed by atoms with Gasteiger partial charge in [0.05, 0.1) is 6.21 Å². The number of hydrogen-bond acceptors (Lipinski definition) is 5. The summed E-state index contributed by atoms with van der Waals surface area (Å²) in [7, 11) is 0. The van der Waals surface area contributed by atoms with E-state index < -0.39 is 5.91 Å². The third-order valence-corrected chi connectivity index (χ3v) is 3.49. The molecule has 0 fully saturated rings. The Morgan fingerprint density at radius 3 is 2.40 bits per heavy atom. The van der Waals surface area contributed by atoms with Gasteiger partial charge in [-0.2, -0.15) is 5.10 Å². The molecule has 6 nitrogen and oxygen atoms in total. The number of rotatable bonds is 5. The Labute approximate surface area is 146 Å². The van der Waals surface area contributed by atoms with Crippen LogP contribution in [-0.4, -0.2) is 28.9 Å². The number of hydrogen-bond donors (Lipinski definition) is 3. The van der Waals surface area contributed by atoms with Crippen molar-refractivity contribution in [2.75, 3.05) is 6.61 Å². The molecule has 0 aliphatic rings. The molecule has 0 heterocycles. The van der Waals surface area contributed by atoms with E-state index in [9.17, 15) is 15.0 Å². The summed E-state index contributed by atoms with van der Waals surface area (Å²) in [6.07, 6.45) is 1.36. The SMILES string of the molecule is CC(C)(C)c1ccc(OCC(=O)NN=Cc2ccc(O)c(O)c2)cc1. The van der Waals surface area contributed by atoms with E-state index in [1.807, 2.05) is 24.3 Å². The van der Waals surface area contributed by atoms with Crippen molar-refractivity contribution in [1.82, 2.24) is 5.43 Å². The Bertz CT molecular complexity index is 762. The van der Waals surface area contributed by atoms with E-state index in [4.69, 9.17) is 4.74 Å². The fraction of sp³-hybridized carbons (Fsp3) is 0.263. The van der Waals surface area contributed by atoms with Gasteiger partial charge in [-0.05, 0) is 46.9 Å². The number of carbonyl (C=O) groups is 1. The first-order valence-corrected chi connectivity index (χ1v) is 7.83. The summed E-state index contributed by atoms with van der Waals surface area (Å²) in [6.45, 7) is 6.22. The van der Waals surface area contributed by atoms with E-state index in [2.05, 4.69) is 31.3 Å². The normalized spacial score (nSPS) is 11.5. The fourth-order valence-corrected chi connectivity index (χ4v) is 2.03. The van der Waals surface area contributed by atoms with Gasteiger partial charge in [0, 0.05) is 0 Å². The van der Waals surface area contributed by atoms with Crippen molar-refractivity contribution in [3.05, 3.63) is 53.6 Å². The highest BCUT2D eigenvalue weighted by Gasteiger charge is 2.13. The number of carbonyl (C=O) groups excluding carboxylic acids is 1. The summed E-state index contributed by atoms with van der Waals surface area (Å²) < 4.78 is 5.41. The zero-order chi connectivity index (χ0) is 18.4. The van der Waals surface area contributed by atoms with Crippen LogP contribution < -0.4 is 10.2 Å². The van der Waals surface area contributed by atoms with Crippen molar-refractivity contribution < 1.29 is 19.7 Å². The molecular formula is C19H22N2O4. The molecule has 0 spiro atoms. The summed E-state index contributed by atoms with van der Waals surface area (Å²) in [5, 5.41) is 22.4. The Hall–Kier alpha value is -3.02. The maximum atomic E-state index is 11.7. The number of amides is 1. The molecule has 0 saturated carbocycles. The van der Waals surface area contributed by atoms with Gasteiger partial charge >= 0.3 is 0 Å². The predicted molar refractivity (Wildman–Crippen MR) is 96.1 cm³/mol. The van der Waals surface area contributed by atoms with Gasteiger partial charge in [0.1, 0.15) is 5.75 Å². The van der Waals surface area contributed by atoms with Crippen LogP contribution in [0, 0.1) is 0 Å². The van der Waals surface area contributed by atoms with Gasteiger partial charge in [-0.1, -0.05) is 32.9 Å². The highest BCUT2D eigenvalue weighted by atomic mass is 16.5. The number of benzene rings is 2. The first-order chi connectivity index (χ1) is 11.8. The molecule has 2 aromatic rings. The van der Waals surface area contributed by atoms with Crippen LogP contribution in [0.2, 0.25) is 0 Å². The lowest BCUT2D eigenvalue weighted by atomic mass is 9.87. The van der Waals surface area contributed by atoms with Gasteiger partial charge in [-0.25, -0.2) is 5.43 Å². The third kappa shape index (κ3) is 5.53. The highest BCUT2D eigenvalue weighted by molar-refractivity contribution is 5.83. The number of phenols is 2. The molecule has 2 rings (SSSR count). The number of phenolic OH excluding ortho intramolecular Hbond substituents is 2. The smallest absolute Gasteiger partial charge is 0.277 e. The van der Waals surface area contributed by atoms with Crippen molar-refractivity contribution in [3.63, 3.8) is 0 Å². The van der Waals surface area contributed by atoms with Crippen LogP contribution in [0.4, 0.5) is 0 Å². The first-order valence-electron chi connectivity index (χ1n) is 7.83. The molecule has 0 aliphatic heterocycles. The molecule has 1 amide bonds. The van der Waals surface area contributed by atoms with Gasteiger partial charge in [0.2, 0.25) is 0 Å². The second-order valence-corrected chi connectivity index (χ2v) is 6.60. The largest absolute Gasteiger partial charge is 0.504 e. The molecule has 0 unspecified atom stereocenters. The van der Waals surface area contributed by atoms with E-state index in [0.717, 1.165) is 0 Å². The zero-order valence-electron chi connectivity index (χ0n) is 14.5. The highest BCUT2D eigenvalue weighted by Crippen LogP contribution is 2.24. The molecule has 0 saturated heterocycles. The third-order valence-electron chi connectivity index (χ3n) is 3.49. The molecule has 3 N–H and O–H groups in total. The summed E-state index contributed by atoms with van der Waals surface area (Å²) >= 11 is 0. The van der Waals surface area contributed by atoms with Crippen LogP contribution in [0.3, 0.4) is 0 Å². The summed E-state index contributed by atoms with van der Waals surface area (Å²) in [6, 6.07) is 11.8. The number of aromatic hydroxyl groups is 2. The van der Waals surface area contributed by atoms with Crippen LogP contribution in [0.5, 0.6) is 17.2 Å². The quantitative estimate of drug-likeness (QED) is 0.443. The van der Waals surface area contributed by atoms with Gasteiger partial charge in [0.25, 0.3) is 5.91 Å². The minimum atomic E-state index is -0.404. The Kier molecular flexibility index (Phi) is 5.64. The van der Waals surface area contributed by atoms with Crippen LogP contribution in [0.1, 0.15) is 31.9 Å². The lowest BCUT2D eigenvalue weighted by Crippen LogP contribution is -2.24. The van der Waals surface area contributed by atoms with Crippen LogP contribution in [-0.2, 0) is 10.2 Å². The minimum absolute atomic E-state index is 0.0628. The summed E-state index contributed by atoms with van der Waals surface area (Å²) in [5.74, 6) is -0.265. The Balaban J connectivity index is 1.82. The monoisotopic (exact) mass is 342 g/mol. The maximum Gasteiger partial charge on any atom is 0.277 e. The average molecular weight is 342 g/mol. The molecule has 0 atom stereocenters. The lowest BCUT2D eigenvalue weighted by Gasteiger charge is -2.19. The van der Waals surface area contributed by atoms with Crippen molar-refractivity contribution in [2.24, 2.45) is 5.10 Å². The molecular weight excluding hydrogens is 320 g/mol. The van der Waals surface area contributed by atoms with Crippen molar-refractivity contribution in [3.8, 4) is 17.2 Å². The zero-order valence-corrected chi connectivity index (χ0v) is 14.5. The first kappa shape index (κ1) is 18.3. The van der Waals surface area contributed by atoms with Crippen molar-refractivity contribution >= 4 is 12.1 Å². The van der Waals surface area contributed by atoms with Crippen molar-refractivity contribution in [1.29, 1.82) is 0 Å². The Morgan fingerprint density at radius 1 is 1.12 bits per heavy atom. The number of nitrogens with zero attached hydrogens (tertiary/aromatic N) is 1. The summed E-state index contributed by atoms with van der Waals surface area (Å²) in [4.78, 5) is 11.7. The summed E-state index contributed by atoms with van der Waals surface area (Å²) in [5.41, 5.74) is 4.12. The second-order valence-electron chi connectivity index (χ2n) is 6.60.